The van der Waals surface area contributed by atoms with Gasteiger partial charge in [-0.05, 0) is 44.0 Å². The Balaban J connectivity index is 1.43. The number of carbonyl (C=O) groups is 1. The second kappa shape index (κ2) is 6.63. The Morgan fingerprint density at radius 2 is 1.84 bits per heavy atom. The molecule has 2 aliphatic heterocycles. The van der Waals surface area contributed by atoms with Crippen molar-refractivity contribution in [3.63, 3.8) is 0 Å². The predicted molar refractivity (Wildman–Crippen MR) is 95.3 cm³/mol. The number of nitrogens with one attached hydrogen (secondary N) is 1. The Labute approximate surface area is 146 Å². The van der Waals surface area contributed by atoms with Crippen LogP contribution in [0.2, 0.25) is 0 Å². The van der Waals surface area contributed by atoms with Crippen LogP contribution in [-0.2, 0) is 4.79 Å². The van der Waals surface area contributed by atoms with E-state index in [0.717, 1.165) is 18.8 Å². The van der Waals surface area contributed by atoms with E-state index >= 15 is 0 Å². The fourth-order valence-electron chi connectivity index (χ4n) is 3.23. The van der Waals surface area contributed by atoms with Crippen molar-refractivity contribution in [3.8, 4) is 11.5 Å². The lowest BCUT2D eigenvalue weighted by atomic mass is 10.1. The average molecular weight is 339 g/mol. The van der Waals surface area contributed by atoms with E-state index in [4.69, 9.17) is 9.47 Å². The van der Waals surface area contributed by atoms with E-state index in [-0.39, 0.29) is 12.0 Å². The van der Waals surface area contributed by atoms with Gasteiger partial charge in [0.2, 0.25) is 6.10 Å². The maximum atomic E-state index is 12.6. The van der Waals surface area contributed by atoms with Crippen molar-refractivity contribution < 1.29 is 14.3 Å². The highest BCUT2D eigenvalue weighted by atomic mass is 16.6. The normalized spacial score (nSPS) is 21.9. The van der Waals surface area contributed by atoms with Crippen molar-refractivity contribution in [2.75, 3.05) is 23.3 Å². The van der Waals surface area contributed by atoms with Gasteiger partial charge in [0.05, 0.1) is 11.9 Å². The lowest BCUT2D eigenvalue weighted by molar-refractivity contribution is -0.128. The van der Waals surface area contributed by atoms with E-state index in [2.05, 4.69) is 15.2 Å². The minimum absolute atomic E-state index is 0.261. The molecule has 0 aliphatic carbocycles. The Morgan fingerprint density at radius 3 is 2.52 bits per heavy atom. The zero-order valence-corrected chi connectivity index (χ0v) is 14.1. The third-order valence-electron chi connectivity index (χ3n) is 4.57. The summed E-state index contributed by atoms with van der Waals surface area (Å²) in [7, 11) is 0. The highest BCUT2D eigenvalue weighted by Gasteiger charge is 2.34. The molecule has 6 heteroatoms. The third-order valence-corrected chi connectivity index (χ3v) is 4.57. The molecule has 1 N–H and O–H groups in total. The summed E-state index contributed by atoms with van der Waals surface area (Å²) >= 11 is 0. The monoisotopic (exact) mass is 339 g/mol. The zero-order valence-electron chi connectivity index (χ0n) is 14.1. The number of benzene rings is 1. The molecule has 1 aromatic carbocycles. The molecule has 2 aromatic rings. The van der Waals surface area contributed by atoms with Gasteiger partial charge < -0.3 is 19.7 Å². The van der Waals surface area contributed by atoms with Crippen LogP contribution in [0, 0.1) is 0 Å². The first-order valence-corrected chi connectivity index (χ1v) is 8.65. The Morgan fingerprint density at radius 1 is 1.12 bits per heavy atom. The van der Waals surface area contributed by atoms with Crippen molar-refractivity contribution in [2.24, 2.45) is 0 Å². The summed E-state index contributed by atoms with van der Waals surface area (Å²) in [5.41, 5.74) is 1.09. The first-order chi connectivity index (χ1) is 12.2. The number of amides is 1. The standard InChI is InChI=1S/C19H21N3O3/c1-13-18(25-16-7-3-2-6-15(16)24-13)19(23)21-17-9-8-14(12-20-17)22-10-4-5-11-22/h2-3,6-9,12-13,18H,4-5,10-11H2,1H3,(H,20,21,23)/t13-,18+/m1/s1. The molecule has 0 spiro atoms. The number of aromatic nitrogens is 1. The number of para-hydroxylation sites is 2. The number of nitrogens with zero attached hydrogens (tertiary/aromatic N) is 2. The molecule has 1 saturated heterocycles. The molecule has 2 atom stereocenters. The minimum atomic E-state index is -0.713. The van der Waals surface area contributed by atoms with Gasteiger partial charge in [0, 0.05) is 13.1 Å². The minimum Gasteiger partial charge on any atom is -0.482 e. The molecule has 130 valence electrons. The molecule has 25 heavy (non-hydrogen) atoms. The summed E-state index contributed by atoms with van der Waals surface area (Å²) in [6, 6.07) is 11.2. The van der Waals surface area contributed by atoms with Crippen LogP contribution in [0.3, 0.4) is 0 Å². The molecular weight excluding hydrogens is 318 g/mol. The summed E-state index contributed by atoms with van der Waals surface area (Å²) in [5.74, 6) is 1.50. The van der Waals surface area contributed by atoms with Crippen molar-refractivity contribution in [2.45, 2.75) is 32.0 Å². The third kappa shape index (κ3) is 3.24. The molecule has 0 bridgehead atoms. The number of hydrogen-bond acceptors (Lipinski definition) is 5. The van der Waals surface area contributed by atoms with Gasteiger partial charge in [-0.2, -0.15) is 0 Å². The van der Waals surface area contributed by atoms with Gasteiger partial charge in [0.25, 0.3) is 5.91 Å². The molecule has 0 radical (unpaired) electrons. The first-order valence-electron chi connectivity index (χ1n) is 8.65. The molecule has 0 saturated carbocycles. The SMILES string of the molecule is C[C@H]1Oc2ccccc2O[C@@H]1C(=O)Nc1ccc(N2CCCC2)cn1. The van der Waals surface area contributed by atoms with Gasteiger partial charge in [0.1, 0.15) is 11.9 Å². The highest BCUT2D eigenvalue weighted by Crippen LogP contribution is 2.33. The van der Waals surface area contributed by atoms with E-state index in [1.165, 1.54) is 12.8 Å². The molecule has 2 aliphatic rings. The topological polar surface area (TPSA) is 63.7 Å². The molecule has 1 amide bonds. The lowest BCUT2D eigenvalue weighted by Gasteiger charge is -2.30. The van der Waals surface area contributed by atoms with Gasteiger partial charge >= 0.3 is 0 Å². The Kier molecular flexibility index (Phi) is 4.17. The van der Waals surface area contributed by atoms with Gasteiger partial charge in [-0.3, -0.25) is 4.79 Å². The number of rotatable bonds is 3. The van der Waals surface area contributed by atoms with Gasteiger partial charge in [-0.15, -0.1) is 0 Å². The summed E-state index contributed by atoms with van der Waals surface area (Å²) in [6.45, 7) is 3.96. The average Bonchev–Trinajstić information content (AvgIpc) is 3.16. The fraction of sp³-hybridized carbons (Fsp3) is 0.368. The second-order valence-corrected chi connectivity index (χ2v) is 6.39. The van der Waals surface area contributed by atoms with E-state index in [0.29, 0.717) is 17.3 Å². The first kappa shape index (κ1) is 15.7. The summed E-state index contributed by atoms with van der Waals surface area (Å²) in [6.07, 6.45) is 3.15. The van der Waals surface area contributed by atoms with Crippen LogP contribution in [0.1, 0.15) is 19.8 Å². The number of fused-ring (bicyclic) bond motifs is 1. The quantitative estimate of drug-likeness (QED) is 0.932. The predicted octanol–water partition coefficient (Wildman–Crippen LogP) is 2.85. The van der Waals surface area contributed by atoms with E-state index in [9.17, 15) is 4.79 Å². The fourth-order valence-corrected chi connectivity index (χ4v) is 3.23. The molecule has 6 nitrogen and oxygen atoms in total. The van der Waals surface area contributed by atoms with Crippen molar-refractivity contribution in [3.05, 3.63) is 42.6 Å². The number of ether oxygens (including phenoxy) is 2. The Hall–Kier alpha value is -2.76. The van der Waals surface area contributed by atoms with Crippen molar-refractivity contribution >= 4 is 17.4 Å². The number of pyridine rings is 1. The maximum absolute atomic E-state index is 12.6. The molecule has 4 rings (SSSR count). The highest BCUT2D eigenvalue weighted by molar-refractivity contribution is 5.94. The van der Waals surface area contributed by atoms with Crippen LogP contribution in [0.5, 0.6) is 11.5 Å². The lowest BCUT2D eigenvalue weighted by Crippen LogP contribution is -2.46. The molecule has 1 aromatic heterocycles. The van der Waals surface area contributed by atoms with Crippen molar-refractivity contribution in [1.29, 1.82) is 0 Å². The molecular formula is C19H21N3O3. The number of hydrogen-bond donors (Lipinski definition) is 1. The van der Waals surface area contributed by atoms with Crippen LogP contribution in [0.15, 0.2) is 42.6 Å². The molecule has 0 unspecified atom stereocenters. The zero-order chi connectivity index (χ0) is 17.2. The van der Waals surface area contributed by atoms with Crippen LogP contribution in [-0.4, -0.2) is 36.2 Å². The maximum Gasteiger partial charge on any atom is 0.270 e. The van der Waals surface area contributed by atoms with E-state index < -0.39 is 6.10 Å². The van der Waals surface area contributed by atoms with Crippen LogP contribution in [0.4, 0.5) is 11.5 Å². The summed E-state index contributed by atoms with van der Waals surface area (Å²) in [5, 5.41) is 2.82. The van der Waals surface area contributed by atoms with E-state index in [1.807, 2.05) is 37.3 Å². The van der Waals surface area contributed by atoms with E-state index in [1.54, 1.807) is 12.3 Å². The summed E-state index contributed by atoms with van der Waals surface area (Å²) < 4.78 is 11.6. The van der Waals surface area contributed by atoms with Gasteiger partial charge in [0.15, 0.2) is 11.5 Å². The number of anilines is 2. The van der Waals surface area contributed by atoms with Crippen LogP contribution >= 0.6 is 0 Å². The van der Waals surface area contributed by atoms with Crippen LogP contribution < -0.4 is 19.7 Å². The van der Waals surface area contributed by atoms with Gasteiger partial charge in [-0.1, -0.05) is 12.1 Å². The molecule has 3 heterocycles. The second-order valence-electron chi connectivity index (χ2n) is 6.39. The number of carbonyl (C=O) groups excluding carboxylic acids is 1. The molecule has 1 fully saturated rings. The van der Waals surface area contributed by atoms with Crippen LogP contribution in [0.25, 0.3) is 0 Å². The smallest absolute Gasteiger partial charge is 0.270 e. The Bertz CT molecular complexity index is 757. The van der Waals surface area contributed by atoms with Crippen molar-refractivity contribution in [1.82, 2.24) is 4.98 Å². The van der Waals surface area contributed by atoms with Gasteiger partial charge in [-0.25, -0.2) is 4.98 Å². The largest absolute Gasteiger partial charge is 0.482 e. The summed E-state index contributed by atoms with van der Waals surface area (Å²) in [4.78, 5) is 19.2.